The number of fused-ring (bicyclic) bond motifs is 1. The van der Waals surface area contributed by atoms with Gasteiger partial charge in [-0.3, -0.25) is 4.79 Å². The molecule has 22 heavy (non-hydrogen) atoms. The van der Waals surface area contributed by atoms with Crippen LogP contribution >= 0.6 is 11.8 Å². The lowest BCUT2D eigenvalue weighted by Crippen LogP contribution is -2.37. The maximum absolute atomic E-state index is 12.0. The molecule has 118 valence electrons. The molecule has 2 rings (SSSR count). The van der Waals surface area contributed by atoms with E-state index in [-0.39, 0.29) is 18.3 Å². The third-order valence-corrected chi connectivity index (χ3v) is 3.69. The SMILES string of the molecule is CCOC(=O)CSC1=Nc2ccccc2OC1C(=O)OCC. The van der Waals surface area contributed by atoms with E-state index in [0.717, 1.165) is 11.8 Å². The molecular formula is C15H17NO5S. The molecule has 1 aliphatic rings. The molecule has 0 saturated heterocycles. The van der Waals surface area contributed by atoms with Gasteiger partial charge in [0.2, 0.25) is 6.10 Å². The molecule has 1 aromatic rings. The van der Waals surface area contributed by atoms with E-state index in [9.17, 15) is 9.59 Å². The fourth-order valence-electron chi connectivity index (χ4n) is 1.81. The van der Waals surface area contributed by atoms with Crippen LogP contribution in [0.4, 0.5) is 5.69 Å². The van der Waals surface area contributed by atoms with Gasteiger partial charge in [0.05, 0.1) is 19.0 Å². The van der Waals surface area contributed by atoms with Crippen LogP contribution in [0.2, 0.25) is 0 Å². The molecule has 0 spiro atoms. The van der Waals surface area contributed by atoms with Crippen molar-refractivity contribution in [2.75, 3.05) is 19.0 Å². The topological polar surface area (TPSA) is 74.2 Å². The molecule has 0 aromatic heterocycles. The molecule has 1 atom stereocenters. The van der Waals surface area contributed by atoms with Crippen molar-refractivity contribution in [2.45, 2.75) is 20.0 Å². The Bertz CT molecular complexity index is 587. The zero-order chi connectivity index (χ0) is 15.9. The van der Waals surface area contributed by atoms with Crippen molar-refractivity contribution in [3.8, 4) is 5.75 Å². The number of rotatable bonds is 5. The number of thioether (sulfide) groups is 1. The lowest BCUT2D eigenvalue weighted by Gasteiger charge is -2.23. The van der Waals surface area contributed by atoms with Crippen LogP contribution in [0.15, 0.2) is 29.3 Å². The summed E-state index contributed by atoms with van der Waals surface area (Å²) in [4.78, 5) is 27.9. The van der Waals surface area contributed by atoms with E-state index in [1.807, 2.05) is 6.07 Å². The predicted octanol–water partition coefficient (Wildman–Crippen LogP) is 2.34. The van der Waals surface area contributed by atoms with E-state index in [2.05, 4.69) is 4.99 Å². The minimum Gasteiger partial charge on any atom is -0.469 e. The molecule has 6 nitrogen and oxygen atoms in total. The summed E-state index contributed by atoms with van der Waals surface area (Å²) >= 11 is 1.12. The van der Waals surface area contributed by atoms with E-state index in [4.69, 9.17) is 14.2 Å². The van der Waals surface area contributed by atoms with Gasteiger partial charge < -0.3 is 14.2 Å². The first-order valence-corrected chi connectivity index (χ1v) is 7.93. The quantitative estimate of drug-likeness (QED) is 0.774. The maximum Gasteiger partial charge on any atom is 0.354 e. The van der Waals surface area contributed by atoms with Gasteiger partial charge in [-0.15, -0.1) is 0 Å². The van der Waals surface area contributed by atoms with Crippen LogP contribution in [-0.4, -0.2) is 42.1 Å². The van der Waals surface area contributed by atoms with Gasteiger partial charge in [-0.2, -0.15) is 0 Å². The van der Waals surface area contributed by atoms with Crippen molar-refractivity contribution in [1.29, 1.82) is 0 Å². The van der Waals surface area contributed by atoms with Crippen molar-refractivity contribution in [1.82, 2.24) is 0 Å². The summed E-state index contributed by atoms with van der Waals surface area (Å²) in [6.45, 7) is 4.02. The lowest BCUT2D eigenvalue weighted by atomic mass is 10.2. The number of aliphatic imine (C=N–C) groups is 1. The normalized spacial score (nSPS) is 16.1. The third-order valence-electron chi connectivity index (χ3n) is 2.71. The number of nitrogens with zero attached hydrogens (tertiary/aromatic N) is 1. The Labute approximate surface area is 132 Å². The molecule has 0 saturated carbocycles. The van der Waals surface area contributed by atoms with Crippen molar-refractivity contribution in [2.24, 2.45) is 4.99 Å². The van der Waals surface area contributed by atoms with Crippen molar-refractivity contribution in [3.63, 3.8) is 0 Å². The number of hydrogen-bond donors (Lipinski definition) is 0. The van der Waals surface area contributed by atoms with Crippen LogP contribution < -0.4 is 4.74 Å². The molecule has 0 N–H and O–H groups in total. The van der Waals surface area contributed by atoms with Gasteiger partial charge in [0.15, 0.2) is 0 Å². The summed E-state index contributed by atoms with van der Waals surface area (Å²) in [7, 11) is 0. The van der Waals surface area contributed by atoms with E-state index in [0.29, 0.717) is 23.1 Å². The highest BCUT2D eigenvalue weighted by Crippen LogP contribution is 2.34. The molecule has 0 bridgehead atoms. The number of hydrogen-bond acceptors (Lipinski definition) is 7. The van der Waals surface area contributed by atoms with E-state index < -0.39 is 12.1 Å². The Balaban J connectivity index is 2.18. The summed E-state index contributed by atoms with van der Waals surface area (Å²) in [5.74, 6) is -0.307. The molecule has 0 amide bonds. The summed E-state index contributed by atoms with van der Waals surface area (Å²) in [6.07, 6.45) is -0.950. The highest BCUT2D eigenvalue weighted by atomic mass is 32.2. The second-order valence-electron chi connectivity index (χ2n) is 4.26. The molecule has 1 unspecified atom stereocenters. The van der Waals surface area contributed by atoms with Crippen LogP contribution in [0.3, 0.4) is 0 Å². The van der Waals surface area contributed by atoms with Gasteiger partial charge in [0.1, 0.15) is 16.5 Å². The minimum absolute atomic E-state index is 0.0636. The van der Waals surface area contributed by atoms with E-state index in [1.165, 1.54) is 0 Å². The number of carbonyl (C=O) groups is 2. The number of ether oxygens (including phenoxy) is 3. The highest BCUT2D eigenvalue weighted by molar-refractivity contribution is 8.14. The molecule has 0 radical (unpaired) electrons. The van der Waals surface area contributed by atoms with Gasteiger partial charge in [0.25, 0.3) is 0 Å². The first kappa shape index (κ1) is 16.4. The Kier molecular flexibility index (Phi) is 5.83. The van der Waals surface area contributed by atoms with Crippen molar-refractivity contribution < 1.29 is 23.8 Å². The highest BCUT2D eigenvalue weighted by Gasteiger charge is 2.33. The first-order chi connectivity index (χ1) is 10.7. The Hall–Kier alpha value is -2.02. The average Bonchev–Trinajstić information content (AvgIpc) is 2.52. The summed E-state index contributed by atoms with van der Waals surface area (Å²) in [5.41, 5.74) is 0.620. The minimum atomic E-state index is -0.950. The third kappa shape index (κ3) is 4.00. The van der Waals surface area contributed by atoms with Crippen LogP contribution in [0.25, 0.3) is 0 Å². The average molecular weight is 323 g/mol. The van der Waals surface area contributed by atoms with Gasteiger partial charge in [-0.25, -0.2) is 9.79 Å². The summed E-state index contributed by atoms with van der Waals surface area (Å²) < 4.78 is 15.6. The largest absolute Gasteiger partial charge is 0.469 e. The smallest absolute Gasteiger partial charge is 0.354 e. The zero-order valence-corrected chi connectivity index (χ0v) is 13.2. The van der Waals surface area contributed by atoms with Crippen LogP contribution in [0.5, 0.6) is 5.75 Å². The summed E-state index contributed by atoms with van der Waals surface area (Å²) in [6, 6.07) is 7.14. The molecule has 0 aliphatic carbocycles. The molecule has 0 fully saturated rings. The van der Waals surface area contributed by atoms with Gasteiger partial charge in [-0.1, -0.05) is 23.9 Å². The van der Waals surface area contributed by atoms with Crippen LogP contribution in [-0.2, 0) is 19.1 Å². The van der Waals surface area contributed by atoms with Crippen LogP contribution in [0.1, 0.15) is 13.8 Å². The molecule has 1 aliphatic heterocycles. The number of esters is 2. The molecule has 1 aromatic carbocycles. The molecule has 1 heterocycles. The predicted molar refractivity (Wildman–Crippen MR) is 83.7 cm³/mol. The van der Waals surface area contributed by atoms with Gasteiger partial charge >= 0.3 is 11.9 Å². The van der Waals surface area contributed by atoms with Crippen molar-refractivity contribution >= 4 is 34.4 Å². The maximum atomic E-state index is 12.0. The number of para-hydroxylation sites is 2. The standard InChI is InChI=1S/C15H17NO5S/c1-3-19-12(17)9-22-14-13(15(18)20-4-2)21-11-8-6-5-7-10(11)16-14/h5-8,13H,3-4,9H2,1-2H3. The first-order valence-electron chi connectivity index (χ1n) is 6.95. The Morgan fingerprint density at radius 2 is 1.95 bits per heavy atom. The van der Waals surface area contributed by atoms with Crippen LogP contribution in [0, 0.1) is 0 Å². The second-order valence-corrected chi connectivity index (χ2v) is 5.26. The molecule has 7 heteroatoms. The summed E-state index contributed by atoms with van der Waals surface area (Å²) in [5, 5.41) is 0.394. The van der Waals surface area contributed by atoms with Crippen molar-refractivity contribution in [3.05, 3.63) is 24.3 Å². The number of carbonyl (C=O) groups excluding carboxylic acids is 2. The fourth-order valence-corrected chi connectivity index (χ4v) is 2.62. The van der Waals surface area contributed by atoms with E-state index >= 15 is 0 Å². The van der Waals surface area contributed by atoms with E-state index in [1.54, 1.807) is 32.0 Å². The molecular weight excluding hydrogens is 306 g/mol. The second kappa shape index (κ2) is 7.84. The Morgan fingerprint density at radius 3 is 2.68 bits per heavy atom. The monoisotopic (exact) mass is 323 g/mol. The number of benzene rings is 1. The Morgan fingerprint density at radius 1 is 1.23 bits per heavy atom. The lowest BCUT2D eigenvalue weighted by molar-refractivity contribution is -0.148. The van der Waals surface area contributed by atoms with Gasteiger partial charge in [-0.05, 0) is 26.0 Å². The fraction of sp³-hybridized carbons (Fsp3) is 0.400. The zero-order valence-electron chi connectivity index (χ0n) is 12.4. The van der Waals surface area contributed by atoms with Gasteiger partial charge in [0, 0.05) is 0 Å².